The van der Waals surface area contributed by atoms with Crippen LogP contribution in [0, 0.1) is 0 Å². The third-order valence-corrected chi connectivity index (χ3v) is 4.20. The van der Waals surface area contributed by atoms with E-state index in [9.17, 15) is 4.79 Å². The second-order valence-electron chi connectivity index (χ2n) is 6.06. The van der Waals surface area contributed by atoms with E-state index in [0.29, 0.717) is 10.7 Å². The van der Waals surface area contributed by atoms with Crippen LogP contribution in [-0.2, 0) is 5.41 Å². The predicted octanol–water partition coefficient (Wildman–Crippen LogP) is 3.15. The van der Waals surface area contributed by atoms with Crippen molar-refractivity contribution in [3.05, 3.63) is 34.8 Å². The molecule has 1 aromatic heterocycles. The highest BCUT2D eigenvalue weighted by Crippen LogP contribution is 2.27. The highest BCUT2D eigenvalue weighted by molar-refractivity contribution is 7.15. The van der Waals surface area contributed by atoms with Crippen molar-refractivity contribution in [3.8, 4) is 0 Å². The summed E-state index contributed by atoms with van der Waals surface area (Å²) in [5.41, 5.74) is 1.60. The second kappa shape index (κ2) is 5.81. The molecule has 0 radical (unpaired) electrons. The molecule has 0 aliphatic carbocycles. The molecule has 5 nitrogen and oxygen atoms in total. The molecule has 2 aromatic rings. The van der Waals surface area contributed by atoms with Crippen molar-refractivity contribution in [3.63, 3.8) is 0 Å². The summed E-state index contributed by atoms with van der Waals surface area (Å²) in [5.74, 6) is -0.170. The molecule has 0 fully saturated rings. The smallest absolute Gasteiger partial charge is 0.257 e. The van der Waals surface area contributed by atoms with Crippen molar-refractivity contribution in [2.24, 2.45) is 0 Å². The molecule has 0 bridgehead atoms. The fraction of sp³-hybridized carbons (Fsp3) is 0.400. The van der Waals surface area contributed by atoms with Crippen molar-refractivity contribution < 1.29 is 4.79 Å². The number of nitrogens with zero attached hydrogens (tertiary/aromatic N) is 3. The Bertz CT molecular complexity index is 626. The Morgan fingerprint density at radius 3 is 2.24 bits per heavy atom. The van der Waals surface area contributed by atoms with Gasteiger partial charge in [-0.1, -0.05) is 32.1 Å². The van der Waals surface area contributed by atoms with Gasteiger partial charge in [-0.2, -0.15) is 0 Å². The number of rotatable bonds is 3. The van der Waals surface area contributed by atoms with E-state index in [0.717, 1.165) is 10.7 Å². The number of amides is 1. The second-order valence-corrected chi connectivity index (χ2v) is 7.04. The molecule has 0 spiro atoms. The fourth-order valence-electron chi connectivity index (χ4n) is 1.66. The first-order chi connectivity index (χ1) is 9.77. The lowest BCUT2D eigenvalue weighted by Crippen LogP contribution is -2.13. The zero-order chi connectivity index (χ0) is 15.6. The molecule has 1 N–H and O–H groups in total. The lowest BCUT2D eigenvalue weighted by atomic mass is 9.98. The molecule has 0 aliphatic heterocycles. The molecule has 0 saturated heterocycles. The number of nitrogens with one attached hydrogen (secondary N) is 1. The van der Waals surface area contributed by atoms with Gasteiger partial charge in [0.15, 0.2) is 0 Å². The third-order valence-electron chi connectivity index (χ3n) is 2.93. The van der Waals surface area contributed by atoms with E-state index in [2.05, 4.69) is 36.3 Å². The lowest BCUT2D eigenvalue weighted by Gasteiger charge is -2.12. The molecular formula is C15H20N4OS. The summed E-state index contributed by atoms with van der Waals surface area (Å²) in [5, 5.41) is 12.4. The van der Waals surface area contributed by atoms with Gasteiger partial charge in [0, 0.05) is 30.8 Å². The van der Waals surface area contributed by atoms with Gasteiger partial charge in [0.05, 0.1) is 0 Å². The summed E-state index contributed by atoms with van der Waals surface area (Å²) >= 11 is 1.41. The maximum atomic E-state index is 12.2. The van der Waals surface area contributed by atoms with Crippen LogP contribution in [0.15, 0.2) is 24.3 Å². The molecule has 0 saturated carbocycles. The third kappa shape index (κ3) is 3.78. The van der Waals surface area contributed by atoms with Gasteiger partial charge < -0.3 is 4.90 Å². The summed E-state index contributed by atoms with van der Waals surface area (Å²) in [6.07, 6.45) is 0. The maximum Gasteiger partial charge on any atom is 0.257 e. The van der Waals surface area contributed by atoms with E-state index in [1.165, 1.54) is 11.3 Å². The Balaban J connectivity index is 2.09. The van der Waals surface area contributed by atoms with Crippen molar-refractivity contribution in [2.45, 2.75) is 26.2 Å². The summed E-state index contributed by atoms with van der Waals surface area (Å²) in [6.45, 7) is 6.21. The summed E-state index contributed by atoms with van der Waals surface area (Å²) < 4.78 is 0. The number of anilines is 2. The molecule has 2 rings (SSSR count). The summed E-state index contributed by atoms with van der Waals surface area (Å²) in [7, 11) is 3.93. The lowest BCUT2D eigenvalue weighted by molar-refractivity contribution is 0.102. The average molecular weight is 304 g/mol. The van der Waals surface area contributed by atoms with Crippen LogP contribution in [0.2, 0.25) is 0 Å². The molecule has 21 heavy (non-hydrogen) atoms. The van der Waals surface area contributed by atoms with Gasteiger partial charge in [-0.15, -0.1) is 10.2 Å². The van der Waals surface area contributed by atoms with Crippen LogP contribution in [0.1, 0.15) is 36.1 Å². The molecule has 0 unspecified atom stereocenters. The summed E-state index contributed by atoms with van der Waals surface area (Å²) in [6, 6.07) is 7.43. The number of hydrogen-bond donors (Lipinski definition) is 1. The van der Waals surface area contributed by atoms with E-state index in [1.807, 2.05) is 31.1 Å². The van der Waals surface area contributed by atoms with Crippen LogP contribution < -0.4 is 10.2 Å². The topological polar surface area (TPSA) is 58.1 Å². The van der Waals surface area contributed by atoms with E-state index >= 15 is 0 Å². The van der Waals surface area contributed by atoms with E-state index in [-0.39, 0.29) is 11.3 Å². The zero-order valence-corrected chi connectivity index (χ0v) is 13.8. The summed E-state index contributed by atoms with van der Waals surface area (Å²) in [4.78, 5) is 14.2. The van der Waals surface area contributed by atoms with Crippen LogP contribution in [0.3, 0.4) is 0 Å². The van der Waals surface area contributed by atoms with Crippen molar-refractivity contribution in [1.29, 1.82) is 0 Å². The first kappa shape index (κ1) is 15.4. The molecule has 1 heterocycles. The zero-order valence-electron chi connectivity index (χ0n) is 13.0. The minimum Gasteiger partial charge on any atom is -0.378 e. The number of carbonyl (C=O) groups excluding carboxylic acids is 1. The molecule has 1 amide bonds. The standard InChI is InChI=1S/C15H20N4OS/c1-15(2,3)13-17-18-14(21-13)16-12(20)10-6-8-11(9-7-10)19(4)5/h6-9H,1-5H3,(H,16,18,20). The largest absolute Gasteiger partial charge is 0.378 e. The van der Waals surface area contributed by atoms with Crippen molar-refractivity contribution >= 4 is 28.1 Å². The van der Waals surface area contributed by atoms with Crippen molar-refractivity contribution in [1.82, 2.24) is 10.2 Å². The van der Waals surface area contributed by atoms with Gasteiger partial charge in [-0.3, -0.25) is 10.1 Å². The first-order valence-corrected chi connectivity index (χ1v) is 7.52. The first-order valence-electron chi connectivity index (χ1n) is 6.70. The maximum absolute atomic E-state index is 12.2. The van der Waals surface area contributed by atoms with E-state index in [4.69, 9.17) is 0 Å². The minimum atomic E-state index is -0.170. The number of benzene rings is 1. The molecule has 112 valence electrons. The van der Waals surface area contributed by atoms with Crippen LogP contribution in [0.4, 0.5) is 10.8 Å². The minimum absolute atomic E-state index is 0.0615. The van der Waals surface area contributed by atoms with Crippen LogP contribution in [-0.4, -0.2) is 30.2 Å². The Morgan fingerprint density at radius 2 is 1.76 bits per heavy atom. The Morgan fingerprint density at radius 1 is 1.14 bits per heavy atom. The van der Waals surface area contributed by atoms with Crippen LogP contribution in [0.25, 0.3) is 0 Å². The Hall–Kier alpha value is -1.95. The number of carbonyl (C=O) groups is 1. The molecule has 6 heteroatoms. The Kier molecular flexibility index (Phi) is 4.27. The van der Waals surface area contributed by atoms with Gasteiger partial charge in [0.1, 0.15) is 5.01 Å². The molecule has 1 aromatic carbocycles. The fourth-order valence-corrected chi connectivity index (χ4v) is 2.45. The van der Waals surface area contributed by atoms with Gasteiger partial charge in [-0.05, 0) is 24.3 Å². The van der Waals surface area contributed by atoms with Gasteiger partial charge in [0.2, 0.25) is 5.13 Å². The number of hydrogen-bond acceptors (Lipinski definition) is 5. The SMILES string of the molecule is CN(C)c1ccc(C(=O)Nc2nnc(C(C)(C)C)s2)cc1. The van der Waals surface area contributed by atoms with Gasteiger partial charge in [0.25, 0.3) is 5.91 Å². The average Bonchev–Trinajstić information content (AvgIpc) is 2.87. The van der Waals surface area contributed by atoms with Gasteiger partial charge in [-0.25, -0.2) is 0 Å². The van der Waals surface area contributed by atoms with E-state index in [1.54, 1.807) is 12.1 Å². The Labute approximate surface area is 129 Å². The number of aromatic nitrogens is 2. The van der Waals surface area contributed by atoms with Crippen LogP contribution >= 0.6 is 11.3 Å². The normalized spacial score (nSPS) is 11.3. The van der Waals surface area contributed by atoms with Crippen molar-refractivity contribution in [2.75, 3.05) is 24.3 Å². The molecular weight excluding hydrogens is 284 g/mol. The molecule has 0 atom stereocenters. The quantitative estimate of drug-likeness (QED) is 0.946. The van der Waals surface area contributed by atoms with Gasteiger partial charge >= 0.3 is 0 Å². The highest BCUT2D eigenvalue weighted by atomic mass is 32.1. The molecule has 0 aliphatic rings. The van der Waals surface area contributed by atoms with E-state index < -0.39 is 0 Å². The monoisotopic (exact) mass is 304 g/mol. The highest BCUT2D eigenvalue weighted by Gasteiger charge is 2.20. The van der Waals surface area contributed by atoms with Crippen LogP contribution in [0.5, 0.6) is 0 Å². The predicted molar refractivity (Wildman–Crippen MR) is 87.3 cm³/mol.